The smallest absolute Gasteiger partial charge is 0.258 e. The van der Waals surface area contributed by atoms with Gasteiger partial charge >= 0.3 is 0 Å². The normalized spacial score (nSPS) is 15.2. The molecule has 0 aromatic heterocycles. The molecule has 0 saturated heterocycles. The van der Waals surface area contributed by atoms with E-state index < -0.39 is 0 Å². The van der Waals surface area contributed by atoms with Crippen molar-refractivity contribution in [2.24, 2.45) is 0 Å². The molecule has 0 aliphatic heterocycles. The van der Waals surface area contributed by atoms with Gasteiger partial charge in [0.25, 0.3) is 5.91 Å². The van der Waals surface area contributed by atoms with Gasteiger partial charge in [-0.25, -0.2) is 0 Å². The highest BCUT2D eigenvalue weighted by Crippen LogP contribution is 2.20. The maximum Gasteiger partial charge on any atom is 0.258 e. The molecule has 0 spiro atoms. The fourth-order valence-corrected chi connectivity index (χ4v) is 1.58. The number of nitrogens with one attached hydrogen (secondary N) is 1. The Bertz CT molecular complexity index is 375. The number of carbonyl (C=O) groups is 1. The summed E-state index contributed by atoms with van der Waals surface area (Å²) >= 11 is 0. The Morgan fingerprint density at radius 3 is 2.81 bits per heavy atom. The zero-order chi connectivity index (χ0) is 11.4. The molecule has 1 saturated carbocycles. The first-order valence-electron chi connectivity index (χ1n) is 5.52. The van der Waals surface area contributed by atoms with E-state index in [2.05, 4.69) is 5.32 Å². The molecule has 1 aliphatic rings. The summed E-state index contributed by atoms with van der Waals surface area (Å²) in [4.78, 5) is 11.5. The van der Waals surface area contributed by atoms with Crippen molar-refractivity contribution < 1.29 is 9.53 Å². The maximum atomic E-state index is 11.5. The van der Waals surface area contributed by atoms with E-state index in [1.807, 2.05) is 12.1 Å². The number of hydrogen-bond donors (Lipinski definition) is 2. The van der Waals surface area contributed by atoms with Crippen molar-refractivity contribution in [1.29, 1.82) is 0 Å². The van der Waals surface area contributed by atoms with Crippen LogP contribution >= 0.6 is 0 Å². The number of ether oxygens (including phenoxy) is 1. The van der Waals surface area contributed by atoms with Crippen LogP contribution in [0.2, 0.25) is 0 Å². The molecule has 1 aliphatic carbocycles. The Kier molecular flexibility index (Phi) is 3.29. The lowest BCUT2D eigenvalue weighted by atomic mass is 9.93. The molecule has 0 radical (unpaired) electrons. The van der Waals surface area contributed by atoms with Crippen LogP contribution in [0, 0.1) is 0 Å². The molecule has 86 valence electrons. The molecule has 16 heavy (non-hydrogen) atoms. The van der Waals surface area contributed by atoms with Gasteiger partial charge in [0, 0.05) is 6.04 Å². The zero-order valence-corrected chi connectivity index (χ0v) is 9.11. The summed E-state index contributed by atoms with van der Waals surface area (Å²) < 4.78 is 5.33. The molecule has 0 heterocycles. The van der Waals surface area contributed by atoms with Gasteiger partial charge in [0.2, 0.25) is 0 Å². The number of anilines is 1. The van der Waals surface area contributed by atoms with Crippen LogP contribution < -0.4 is 15.8 Å². The molecule has 2 rings (SSSR count). The van der Waals surface area contributed by atoms with Gasteiger partial charge in [0.15, 0.2) is 6.61 Å². The van der Waals surface area contributed by atoms with Gasteiger partial charge < -0.3 is 15.8 Å². The standard InChI is InChI=1S/C12H16N2O2/c13-10-6-1-2-7-11(10)16-8-12(15)14-9-4-3-5-9/h1-2,6-7,9H,3-5,8,13H2,(H,14,15). The van der Waals surface area contributed by atoms with E-state index in [9.17, 15) is 4.79 Å². The molecule has 1 fully saturated rings. The zero-order valence-electron chi connectivity index (χ0n) is 9.11. The third-order valence-corrected chi connectivity index (χ3v) is 2.75. The predicted molar refractivity (Wildman–Crippen MR) is 62.1 cm³/mol. The van der Waals surface area contributed by atoms with Crippen molar-refractivity contribution in [3.8, 4) is 5.75 Å². The second-order valence-electron chi connectivity index (χ2n) is 4.02. The Balaban J connectivity index is 1.78. The molecule has 0 atom stereocenters. The molecule has 0 bridgehead atoms. The van der Waals surface area contributed by atoms with Gasteiger partial charge in [-0.2, -0.15) is 0 Å². The van der Waals surface area contributed by atoms with E-state index in [1.165, 1.54) is 6.42 Å². The van der Waals surface area contributed by atoms with Crippen LogP contribution in [0.5, 0.6) is 5.75 Å². The first-order chi connectivity index (χ1) is 7.75. The Hall–Kier alpha value is -1.71. The largest absolute Gasteiger partial charge is 0.482 e. The minimum atomic E-state index is -0.0760. The van der Waals surface area contributed by atoms with Crippen molar-refractivity contribution in [3.05, 3.63) is 24.3 Å². The van der Waals surface area contributed by atoms with Crippen molar-refractivity contribution >= 4 is 11.6 Å². The molecule has 3 N–H and O–H groups in total. The number of para-hydroxylation sites is 2. The molecule has 0 unspecified atom stereocenters. The minimum absolute atomic E-state index is 0.0325. The Morgan fingerprint density at radius 1 is 1.44 bits per heavy atom. The summed E-state index contributed by atoms with van der Waals surface area (Å²) in [6, 6.07) is 7.52. The molecule has 1 amide bonds. The van der Waals surface area contributed by atoms with E-state index in [0.717, 1.165) is 12.8 Å². The lowest BCUT2D eigenvalue weighted by Gasteiger charge is -2.26. The Labute approximate surface area is 94.8 Å². The molecular formula is C12H16N2O2. The van der Waals surface area contributed by atoms with Crippen LogP contribution in [0.4, 0.5) is 5.69 Å². The van der Waals surface area contributed by atoms with Gasteiger partial charge in [-0.1, -0.05) is 12.1 Å². The summed E-state index contributed by atoms with van der Waals surface area (Å²) in [5.41, 5.74) is 6.24. The molecule has 1 aromatic rings. The molecule has 1 aromatic carbocycles. The first-order valence-corrected chi connectivity index (χ1v) is 5.52. The second-order valence-corrected chi connectivity index (χ2v) is 4.02. The maximum absolute atomic E-state index is 11.5. The molecule has 4 nitrogen and oxygen atoms in total. The van der Waals surface area contributed by atoms with Crippen LogP contribution in [0.25, 0.3) is 0 Å². The van der Waals surface area contributed by atoms with Crippen molar-refractivity contribution in [1.82, 2.24) is 5.32 Å². The topological polar surface area (TPSA) is 64.3 Å². The Morgan fingerprint density at radius 2 is 2.19 bits per heavy atom. The lowest BCUT2D eigenvalue weighted by Crippen LogP contribution is -2.41. The third-order valence-electron chi connectivity index (χ3n) is 2.75. The number of nitrogens with two attached hydrogens (primary N) is 1. The highest BCUT2D eigenvalue weighted by atomic mass is 16.5. The number of amides is 1. The van der Waals surface area contributed by atoms with Gasteiger partial charge in [0.1, 0.15) is 5.75 Å². The fraction of sp³-hybridized carbons (Fsp3) is 0.417. The quantitative estimate of drug-likeness (QED) is 0.752. The van der Waals surface area contributed by atoms with Gasteiger partial charge in [0.05, 0.1) is 5.69 Å². The average molecular weight is 220 g/mol. The SMILES string of the molecule is Nc1ccccc1OCC(=O)NC1CCC1. The number of hydrogen-bond acceptors (Lipinski definition) is 3. The summed E-state index contributed by atoms with van der Waals surface area (Å²) in [7, 11) is 0. The van der Waals surface area contributed by atoms with E-state index in [-0.39, 0.29) is 12.5 Å². The van der Waals surface area contributed by atoms with Crippen LogP contribution in [0.15, 0.2) is 24.3 Å². The minimum Gasteiger partial charge on any atom is -0.482 e. The fourth-order valence-electron chi connectivity index (χ4n) is 1.58. The third kappa shape index (κ3) is 2.66. The predicted octanol–water partition coefficient (Wildman–Crippen LogP) is 1.32. The summed E-state index contributed by atoms with van der Waals surface area (Å²) in [5.74, 6) is 0.485. The highest BCUT2D eigenvalue weighted by Gasteiger charge is 2.19. The van der Waals surface area contributed by atoms with Crippen molar-refractivity contribution in [2.75, 3.05) is 12.3 Å². The summed E-state index contributed by atoms with van der Waals surface area (Å²) in [6.45, 7) is 0.0325. The van der Waals surface area contributed by atoms with E-state index in [0.29, 0.717) is 17.5 Å². The summed E-state index contributed by atoms with van der Waals surface area (Å²) in [5, 5.41) is 2.90. The lowest BCUT2D eigenvalue weighted by molar-refractivity contribution is -0.124. The number of carbonyl (C=O) groups excluding carboxylic acids is 1. The van der Waals surface area contributed by atoms with Gasteiger partial charge in [-0.05, 0) is 31.4 Å². The first kappa shape index (κ1) is 10.8. The van der Waals surface area contributed by atoms with E-state index in [4.69, 9.17) is 10.5 Å². The average Bonchev–Trinajstić information content (AvgIpc) is 2.22. The number of rotatable bonds is 4. The molecule has 4 heteroatoms. The highest BCUT2D eigenvalue weighted by molar-refractivity contribution is 5.78. The van der Waals surface area contributed by atoms with Crippen molar-refractivity contribution in [2.45, 2.75) is 25.3 Å². The monoisotopic (exact) mass is 220 g/mol. The molecular weight excluding hydrogens is 204 g/mol. The number of nitrogen functional groups attached to an aromatic ring is 1. The van der Waals surface area contributed by atoms with E-state index >= 15 is 0 Å². The van der Waals surface area contributed by atoms with Crippen LogP contribution in [-0.2, 0) is 4.79 Å². The summed E-state index contributed by atoms with van der Waals surface area (Å²) in [6.07, 6.45) is 3.37. The second kappa shape index (κ2) is 4.88. The van der Waals surface area contributed by atoms with Gasteiger partial charge in [-0.15, -0.1) is 0 Å². The van der Waals surface area contributed by atoms with Gasteiger partial charge in [-0.3, -0.25) is 4.79 Å². The van der Waals surface area contributed by atoms with Crippen LogP contribution in [0.3, 0.4) is 0 Å². The number of benzene rings is 1. The van der Waals surface area contributed by atoms with Crippen molar-refractivity contribution in [3.63, 3.8) is 0 Å². The van der Waals surface area contributed by atoms with E-state index in [1.54, 1.807) is 12.1 Å². The van der Waals surface area contributed by atoms with Crippen LogP contribution in [-0.4, -0.2) is 18.6 Å². The van der Waals surface area contributed by atoms with Crippen LogP contribution in [0.1, 0.15) is 19.3 Å².